The topological polar surface area (TPSA) is 110 Å². The third-order valence-electron chi connectivity index (χ3n) is 13.5. The zero-order valence-corrected chi connectivity index (χ0v) is 41.9. The molecule has 0 saturated carbocycles. The fourth-order valence-electron chi connectivity index (χ4n) is 9.06. The summed E-state index contributed by atoms with van der Waals surface area (Å²) in [5, 5.41) is 43.8. The molecule has 5 N–H and O–H groups in total. The Balaban J connectivity index is 3.57. The lowest BCUT2D eigenvalue weighted by atomic mass is 10.00. The van der Waals surface area contributed by atoms with E-state index in [0.29, 0.717) is 12.8 Å². The number of amides is 1. The Labute approximate surface area is 387 Å². The van der Waals surface area contributed by atoms with Crippen LogP contribution in [-0.4, -0.2) is 57.3 Å². The maximum atomic E-state index is 12.5. The van der Waals surface area contributed by atoms with Crippen LogP contribution >= 0.6 is 0 Å². The summed E-state index contributed by atoms with van der Waals surface area (Å²) in [4.78, 5) is 12.5. The van der Waals surface area contributed by atoms with Gasteiger partial charge >= 0.3 is 0 Å². The fourth-order valence-corrected chi connectivity index (χ4v) is 9.06. The van der Waals surface area contributed by atoms with Gasteiger partial charge in [-0.1, -0.05) is 283 Å². The molecule has 0 spiro atoms. The number of unbranched alkanes of at least 4 members (excludes halogenated alkanes) is 41. The Hall–Kier alpha value is -0.950. The summed E-state index contributed by atoms with van der Waals surface area (Å²) < 4.78 is 0. The summed E-state index contributed by atoms with van der Waals surface area (Å²) in [6.45, 7) is 4.07. The van der Waals surface area contributed by atoms with Crippen LogP contribution in [0.1, 0.15) is 309 Å². The van der Waals surface area contributed by atoms with Gasteiger partial charge < -0.3 is 25.7 Å². The molecule has 62 heavy (non-hydrogen) atoms. The Morgan fingerprint density at radius 1 is 0.387 bits per heavy atom. The van der Waals surface area contributed by atoms with Crippen LogP contribution in [-0.2, 0) is 4.79 Å². The number of nitrogens with one attached hydrogen (secondary N) is 1. The first-order valence-corrected chi connectivity index (χ1v) is 28.1. The van der Waals surface area contributed by atoms with Crippen LogP contribution in [0.3, 0.4) is 0 Å². The Morgan fingerprint density at radius 3 is 0.968 bits per heavy atom. The highest BCUT2D eigenvalue weighted by atomic mass is 16.3. The molecular formula is C56H111NO5. The second kappa shape index (κ2) is 51.0. The van der Waals surface area contributed by atoms with Crippen molar-refractivity contribution in [3.05, 3.63) is 12.2 Å². The molecule has 0 fully saturated rings. The molecule has 0 saturated heterocycles. The van der Waals surface area contributed by atoms with E-state index in [-0.39, 0.29) is 0 Å². The van der Waals surface area contributed by atoms with Crippen LogP contribution in [0.15, 0.2) is 12.2 Å². The predicted molar refractivity (Wildman–Crippen MR) is 270 cm³/mol. The first kappa shape index (κ1) is 61.0. The molecule has 0 rings (SSSR count). The van der Waals surface area contributed by atoms with Crippen molar-refractivity contribution in [2.45, 2.75) is 334 Å². The molecule has 0 aliphatic rings. The summed E-state index contributed by atoms with van der Waals surface area (Å²) in [6, 6.07) is -0.998. The number of carbonyl (C=O) groups is 1. The molecule has 0 bridgehead atoms. The molecule has 370 valence electrons. The van der Waals surface area contributed by atoms with Crippen molar-refractivity contribution in [3.8, 4) is 0 Å². The minimum absolute atomic E-state index is 0.368. The van der Waals surface area contributed by atoms with Gasteiger partial charge in [0.1, 0.15) is 12.2 Å². The van der Waals surface area contributed by atoms with Crippen molar-refractivity contribution in [1.82, 2.24) is 5.32 Å². The van der Waals surface area contributed by atoms with Gasteiger partial charge in [0, 0.05) is 0 Å². The van der Waals surface area contributed by atoms with Gasteiger partial charge in [-0.15, -0.1) is 0 Å². The van der Waals surface area contributed by atoms with Crippen molar-refractivity contribution in [2.24, 2.45) is 0 Å². The molecule has 6 heteroatoms. The van der Waals surface area contributed by atoms with Gasteiger partial charge in [-0.3, -0.25) is 4.79 Å². The van der Waals surface area contributed by atoms with E-state index >= 15 is 0 Å². The average Bonchev–Trinajstić information content (AvgIpc) is 3.28. The van der Waals surface area contributed by atoms with Crippen LogP contribution in [0.4, 0.5) is 0 Å². The summed E-state index contributed by atoms with van der Waals surface area (Å²) >= 11 is 0. The minimum Gasteiger partial charge on any atom is -0.394 e. The third-order valence-corrected chi connectivity index (χ3v) is 13.5. The maximum absolute atomic E-state index is 12.5. The van der Waals surface area contributed by atoms with Crippen molar-refractivity contribution < 1.29 is 25.2 Å². The molecule has 0 aliphatic carbocycles. The van der Waals surface area contributed by atoms with E-state index in [2.05, 4.69) is 31.3 Å². The number of hydrogen-bond donors (Lipinski definition) is 5. The Bertz CT molecular complexity index is 898. The minimum atomic E-state index is -1.28. The van der Waals surface area contributed by atoms with E-state index in [1.807, 2.05) is 0 Å². The highest BCUT2D eigenvalue weighted by molar-refractivity contribution is 5.80. The molecule has 4 atom stereocenters. The first-order valence-electron chi connectivity index (χ1n) is 28.1. The third kappa shape index (κ3) is 44.3. The van der Waals surface area contributed by atoms with Gasteiger partial charge in [-0.05, 0) is 38.5 Å². The van der Waals surface area contributed by atoms with Crippen molar-refractivity contribution >= 4 is 5.91 Å². The van der Waals surface area contributed by atoms with Crippen LogP contribution in [0, 0.1) is 0 Å². The molecule has 0 aromatic carbocycles. The highest BCUT2D eigenvalue weighted by Gasteiger charge is 2.28. The maximum Gasteiger partial charge on any atom is 0.249 e. The van der Waals surface area contributed by atoms with Crippen LogP contribution in [0.25, 0.3) is 0 Å². The average molecular weight is 879 g/mol. The second-order valence-corrected chi connectivity index (χ2v) is 19.6. The lowest BCUT2D eigenvalue weighted by molar-refractivity contribution is -0.132. The van der Waals surface area contributed by atoms with E-state index in [1.165, 1.54) is 244 Å². The number of carbonyl (C=O) groups excluding carboxylic acids is 1. The molecule has 6 nitrogen and oxygen atoms in total. The largest absolute Gasteiger partial charge is 0.394 e. The Morgan fingerprint density at radius 2 is 0.661 bits per heavy atom. The summed E-state index contributed by atoms with van der Waals surface area (Å²) in [5.74, 6) is -0.589. The number of hydrogen-bond acceptors (Lipinski definition) is 5. The van der Waals surface area contributed by atoms with Gasteiger partial charge in [-0.25, -0.2) is 0 Å². The molecule has 0 heterocycles. The molecule has 1 amide bonds. The SMILES string of the molecule is CCCCCCCCCCCCCCCCCCCCCCCCCCCCC/C=C/CCCC(O)C(O)C(CO)NC(=O)C(O)CCCCCCCCCCCCCCCC. The van der Waals surface area contributed by atoms with E-state index in [0.717, 1.165) is 38.5 Å². The van der Waals surface area contributed by atoms with E-state index in [9.17, 15) is 25.2 Å². The molecule has 0 radical (unpaired) electrons. The van der Waals surface area contributed by atoms with Crippen molar-refractivity contribution in [3.63, 3.8) is 0 Å². The molecule has 0 aromatic rings. The monoisotopic (exact) mass is 878 g/mol. The summed E-state index contributed by atoms with van der Waals surface area (Å²) in [7, 11) is 0. The van der Waals surface area contributed by atoms with Crippen LogP contribution < -0.4 is 5.32 Å². The summed E-state index contributed by atoms with van der Waals surface area (Å²) in [5.41, 5.74) is 0. The smallest absolute Gasteiger partial charge is 0.249 e. The normalized spacial score (nSPS) is 13.8. The highest BCUT2D eigenvalue weighted by Crippen LogP contribution is 2.18. The number of rotatable bonds is 52. The Kier molecular flexibility index (Phi) is 50.3. The van der Waals surface area contributed by atoms with Gasteiger partial charge in [-0.2, -0.15) is 0 Å². The fraction of sp³-hybridized carbons (Fsp3) is 0.946. The van der Waals surface area contributed by atoms with Gasteiger partial charge in [0.2, 0.25) is 5.91 Å². The van der Waals surface area contributed by atoms with E-state index in [4.69, 9.17) is 0 Å². The lowest BCUT2D eigenvalue weighted by Crippen LogP contribution is -2.53. The second-order valence-electron chi connectivity index (χ2n) is 19.6. The van der Waals surface area contributed by atoms with Crippen molar-refractivity contribution in [1.29, 1.82) is 0 Å². The van der Waals surface area contributed by atoms with Crippen LogP contribution in [0.2, 0.25) is 0 Å². The lowest BCUT2D eigenvalue weighted by Gasteiger charge is -2.27. The number of aliphatic hydroxyl groups excluding tert-OH is 4. The summed E-state index contributed by atoms with van der Waals surface area (Å²) in [6.07, 6.45) is 60.1. The zero-order valence-electron chi connectivity index (χ0n) is 41.9. The molecule has 4 unspecified atom stereocenters. The first-order chi connectivity index (χ1) is 30.5. The molecule has 0 aromatic heterocycles. The zero-order chi connectivity index (χ0) is 45.2. The standard InChI is InChI=1S/C56H111NO5/c1-3-5-7-9-11-13-15-17-19-20-21-22-23-24-25-26-27-28-29-30-31-32-33-34-35-36-38-39-41-43-45-47-49-53(59)55(61)52(51-58)57-56(62)54(60)50-48-46-44-42-40-37-18-16-14-12-10-8-6-4-2/h41,43,52-55,58-61H,3-40,42,44-51H2,1-2H3,(H,57,62)/b43-41+. The van der Waals surface area contributed by atoms with Gasteiger partial charge in [0.15, 0.2) is 0 Å². The van der Waals surface area contributed by atoms with Gasteiger partial charge in [0.25, 0.3) is 0 Å². The number of aliphatic hydroxyl groups is 4. The molecule has 0 aliphatic heterocycles. The quantitative estimate of drug-likeness (QED) is 0.0309. The van der Waals surface area contributed by atoms with E-state index < -0.39 is 36.9 Å². The van der Waals surface area contributed by atoms with Crippen LogP contribution in [0.5, 0.6) is 0 Å². The van der Waals surface area contributed by atoms with E-state index in [1.54, 1.807) is 0 Å². The van der Waals surface area contributed by atoms with Crippen molar-refractivity contribution in [2.75, 3.05) is 6.61 Å². The molecular weight excluding hydrogens is 767 g/mol. The van der Waals surface area contributed by atoms with Gasteiger partial charge in [0.05, 0.1) is 18.8 Å². The number of allylic oxidation sites excluding steroid dienone is 2. The predicted octanol–water partition coefficient (Wildman–Crippen LogP) is 16.1.